The van der Waals surface area contributed by atoms with E-state index >= 15 is 0 Å². The zero-order valence-corrected chi connectivity index (χ0v) is 14.0. The summed E-state index contributed by atoms with van der Waals surface area (Å²) in [6.45, 7) is 3.77. The minimum Gasteiger partial charge on any atom is -0.322 e. The van der Waals surface area contributed by atoms with Crippen LogP contribution in [0.3, 0.4) is 0 Å². The fourth-order valence-electron chi connectivity index (χ4n) is 2.45. The molecule has 26 heavy (non-hydrogen) atoms. The quantitative estimate of drug-likeness (QED) is 0.763. The second-order valence-electron chi connectivity index (χ2n) is 5.77. The van der Waals surface area contributed by atoms with E-state index in [0.717, 1.165) is 23.5 Å². The Morgan fingerprint density at radius 3 is 2.27 bits per heavy atom. The molecule has 2 heterocycles. The maximum atomic E-state index is 12.6. The first-order chi connectivity index (χ1) is 12.2. The van der Waals surface area contributed by atoms with Crippen LogP contribution in [0.1, 0.15) is 27.3 Å². The third-order valence-electron chi connectivity index (χ3n) is 3.71. The van der Waals surface area contributed by atoms with Crippen molar-refractivity contribution in [2.24, 2.45) is 0 Å². The van der Waals surface area contributed by atoms with Gasteiger partial charge in [-0.15, -0.1) is 0 Å². The number of alkyl halides is 3. The third kappa shape index (κ3) is 3.74. The number of hydrogen-bond donors (Lipinski definition) is 1. The van der Waals surface area contributed by atoms with E-state index in [-0.39, 0.29) is 11.3 Å². The van der Waals surface area contributed by atoms with Crippen LogP contribution >= 0.6 is 0 Å². The molecule has 0 saturated carbocycles. The summed E-state index contributed by atoms with van der Waals surface area (Å²) in [6.07, 6.45) is -3.02. The molecule has 1 aromatic carbocycles. The zero-order valence-electron chi connectivity index (χ0n) is 14.0. The van der Waals surface area contributed by atoms with E-state index in [1.807, 2.05) is 19.9 Å². The van der Waals surface area contributed by atoms with Gasteiger partial charge in [-0.25, -0.2) is 9.67 Å². The normalized spacial score (nSPS) is 11.4. The maximum Gasteiger partial charge on any atom is 0.416 e. The highest BCUT2D eigenvalue weighted by atomic mass is 19.4. The van der Waals surface area contributed by atoms with Crippen molar-refractivity contribution in [2.75, 3.05) is 5.32 Å². The van der Waals surface area contributed by atoms with Crippen LogP contribution < -0.4 is 5.32 Å². The van der Waals surface area contributed by atoms with E-state index in [1.54, 1.807) is 16.8 Å². The zero-order chi connectivity index (χ0) is 18.9. The van der Waals surface area contributed by atoms with Gasteiger partial charge < -0.3 is 5.32 Å². The molecule has 2 aromatic heterocycles. The lowest BCUT2D eigenvalue weighted by atomic mass is 10.2. The highest BCUT2D eigenvalue weighted by Gasteiger charge is 2.30. The van der Waals surface area contributed by atoms with Gasteiger partial charge in [0.05, 0.1) is 16.8 Å². The molecular formula is C18H15F3N4O. The van der Waals surface area contributed by atoms with Crippen LogP contribution in [-0.4, -0.2) is 20.7 Å². The second kappa shape index (κ2) is 6.62. The van der Waals surface area contributed by atoms with Crippen LogP contribution in [0.4, 0.5) is 18.9 Å². The average Bonchev–Trinajstić information content (AvgIpc) is 2.93. The molecule has 0 aliphatic carbocycles. The van der Waals surface area contributed by atoms with Gasteiger partial charge in [0.15, 0.2) is 5.82 Å². The molecule has 134 valence electrons. The number of hydrogen-bond acceptors (Lipinski definition) is 3. The smallest absolute Gasteiger partial charge is 0.322 e. The molecular weight excluding hydrogens is 345 g/mol. The summed E-state index contributed by atoms with van der Waals surface area (Å²) in [5.41, 5.74) is 1.55. The number of anilines is 1. The van der Waals surface area contributed by atoms with Crippen molar-refractivity contribution in [3.8, 4) is 5.82 Å². The Balaban J connectivity index is 1.73. The molecule has 1 N–H and O–H groups in total. The summed E-state index contributed by atoms with van der Waals surface area (Å²) in [6, 6.07) is 9.39. The van der Waals surface area contributed by atoms with Crippen molar-refractivity contribution in [1.82, 2.24) is 14.8 Å². The maximum absolute atomic E-state index is 12.6. The standard InChI is InChI=1S/C18H15F3N4O/c1-11-9-12(2)25(24-11)16-8-3-13(10-22-16)17(26)23-15-6-4-14(5-7-15)18(19,20)21/h3-10H,1-2H3,(H,23,26). The molecule has 0 spiro atoms. The van der Waals surface area contributed by atoms with Crippen molar-refractivity contribution >= 4 is 11.6 Å². The molecule has 5 nitrogen and oxygen atoms in total. The number of aromatic nitrogens is 3. The van der Waals surface area contributed by atoms with Gasteiger partial charge in [-0.1, -0.05) is 0 Å². The van der Waals surface area contributed by atoms with Gasteiger partial charge in [-0.05, 0) is 56.3 Å². The number of nitrogens with zero attached hydrogens (tertiary/aromatic N) is 3. The number of carbonyl (C=O) groups is 1. The molecule has 1 amide bonds. The third-order valence-corrected chi connectivity index (χ3v) is 3.71. The molecule has 0 radical (unpaired) electrons. The fourth-order valence-corrected chi connectivity index (χ4v) is 2.45. The molecule has 0 atom stereocenters. The van der Waals surface area contributed by atoms with Gasteiger partial charge >= 0.3 is 6.18 Å². The molecule has 3 rings (SSSR count). The average molecular weight is 360 g/mol. The lowest BCUT2D eigenvalue weighted by molar-refractivity contribution is -0.137. The van der Waals surface area contributed by atoms with Gasteiger partial charge in [0.25, 0.3) is 5.91 Å². The van der Waals surface area contributed by atoms with E-state index in [4.69, 9.17) is 0 Å². The Morgan fingerprint density at radius 1 is 1.08 bits per heavy atom. The van der Waals surface area contributed by atoms with Gasteiger partial charge in [-0.2, -0.15) is 18.3 Å². The first kappa shape index (κ1) is 17.7. The molecule has 0 saturated heterocycles. The van der Waals surface area contributed by atoms with E-state index in [1.165, 1.54) is 18.3 Å². The first-order valence-electron chi connectivity index (χ1n) is 7.72. The molecule has 0 aliphatic heterocycles. The van der Waals surface area contributed by atoms with Crippen LogP contribution in [0.25, 0.3) is 5.82 Å². The minimum absolute atomic E-state index is 0.269. The minimum atomic E-state index is -4.41. The van der Waals surface area contributed by atoms with Crippen LogP contribution in [0.2, 0.25) is 0 Å². The fraction of sp³-hybridized carbons (Fsp3) is 0.167. The van der Waals surface area contributed by atoms with Crippen molar-refractivity contribution in [1.29, 1.82) is 0 Å². The number of benzene rings is 1. The Morgan fingerprint density at radius 2 is 1.77 bits per heavy atom. The van der Waals surface area contributed by atoms with E-state index in [0.29, 0.717) is 5.82 Å². The number of aryl methyl sites for hydroxylation is 2. The SMILES string of the molecule is Cc1cc(C)n(-c2ccc(C(=O)Nc3ccc(C(F)(F)F)cc3)cn2)n1. The number of pyridine rings is 1. The second-order valence-corrected chi connectivity index (χ2v) is 5.77. The monoisotopic (exact) mass is 360 g/mol. The molecule has 3 aromatic rings. The lowest BCUT2D eigenvalue weighted by Gasteiger charge is -2.09. The summed E-state index contributed by atoms with van der Waals surface area (Å²) < 4.78 is 39.3. The molecule has 0 unspecified atom stereocenters. The van der Waals surface area contributed by atoms with E-state index < -0.39 is 17.6 Å². The predicted molar refractivity (Wildman–Crippen MR) is 90.2 cm³/mol. The molecule has 0 aliphatic rings. The van der Waals surface area contributed by atoms with E-state index in [2.05, 4.69) is 15.4 Å². The first-order valence-corrected chi connectivity index (χ1v) is 7.72. The number of halogens is 3. The number of amides is 1. The Kier molecular flexibility index (Phi) is 4.50. The van der Waals surface area contributed by atoms with Crippen LogP contribution in [0, 0.1) is 13.8 Å². The summed E-state index contributed by atoms with van der Waals surface area (Å²) in [4.78, 5) is 16.4. The largest absolute Gasteiger partial charge is 0.416 e. The highest BCUT2D eigenvalue weighted by Crippen LogP contribution is 2.29. The number of carbonyl (C=O) groups excluding carboxylic acids is 1. The van der Waals surface area contributed by atoms with Crippen LogP contribution in [0.5, 0.6) is 0 Å². The summed E-state index contributed by atoms with van der Waals surface area (Å²) in [5, 5.41) is 6.86. The highest BCUT2D eigenvalue weighted by molar-refractivity contribution is 6.04. The van der Waals surface area contributed by atoms with Gasteiger partial charge in [0, 0.05) is 17.6 Å². The predicted octanol–water partition coefficient (Wildman–Crippen LogP) is 4.16. The Hall–Kier alpha value is -3.16. The lowest BCUT2D eigenvalue weighted by Crippen LogP contribution is -2.13. The molecule has 8 heteroatoms. The van der Waals surface area contributed by atoms with Gasteiger partial charge in [0.1, 0.15) is 0 Å². The van der Waals surface area contributed by atoms with Crippen molar-refractivity contribution < 1.29 is 18.0 Å². The van der Waals surface area contributed by atoms with Crippen molar-refractivity contribution in [3.05, 3.63) is 71.2 Å². The number of nitrogens with one attached hydrogen (secondary N) is 1. The van der Waals surface area contributed by atoms with Crippen LogP contribution in [-0.2, 0) is 6.18 Å². The van der Waals surface area contributed by atoms with E-state index in [9.17, 15) is 18.0 Å². The topological polar surface area (TPSA) is 59.8 Å². The Bertz CT molecular complexity index is 929. The Labute approximate surface area is 147 Å². The summed E-state index contributed by atoms with van der Waals surface area (Å²) >= 11 is 0. The number of rotatable bonds is 3. The van der Waals surface area contributed by atoms with Gasteiger partial charge in [-0.3, -0.25) is 4.79 Å². The van der Waals surface area contributed by atoms with Crippen molar-refractivity contribution in [2.45, 2.75) is 20.0 Å². The summed E-state index contributed by atoms with van der Waals surface area (Å²) in [5.74, 6) is 0.110. The molecule has 0 bridgehead atoms. The summed E-state index contributed by atoms with van der Waals surface area (Å²) in [7, 11) is 0. The van der Waals surface area contributed by atoms with Gasteiger partial charge in [0.2, 0.25) is 0 Å². The molecule has 0 fully saturated rings. The van der Waals surface area contributed by atoms with Crippen molar-refractivity contribution in [3.63, 3.8) is 0 Å². The van der Waals surface area contributed by atoms with Crippen LogP contribution in [0.15, 0.2) is 48.7 Å².